The molecule has 100 valence electrons. The fourth-order valence-corrected chi connectivity index (χ4v) is 2.74. The van der Waals surface area contributed by atoms with Crippen LogP contribution in [-0.4, -0.2) is 35.6 Å². The summed E-state index contributed by atoms with van der Waals surface area (Å²) >= 11 is 0. The Hall–Kier alpha value is -0.570. The van der Waals surface area contributed by atoms with Crippen molar-refractivity contribution in [3.05, 3.63) is 0 Å². The van der Waals surface area contributed by atoms with Gasteiger partial charge in [-0.15, -0.1) is 0 Å². The van der Waals surface area contributed by atoms with Crippen LogP contribution < -0.4 is 0 Å². The molecule has 1 aliphatic rings. The summed E-state index contributed by atoms with van der Waals surface area (Å²) in [5, 5.41) is 9.45. The number of carboxylic acids is 1. The predicted molar refractivity (Wildman–Crippen MR) is 70.2 cm³/mol. The third-order valence-corrected chi connectivity index (χ3v) is 4.28. The average molecular weight is 241 g/mol. The minimum atomic E-state index is -0.621. The van der Waals surface area contributed by atoms with Gasteiger partial charge >= 0.3 is 5.97 Å². The standard InChI is InChI=1S/C14H27NO2/c1-3-14(4-2,13(16)17)12-15-10-8-6-5-7-9-11-15/h3-12H2,1-2H3,(H,16,17). The van der Waals surface area contributed by atoms with Crippen LogP contribution in [0.15, 0.2) is 0 Å². The van der Waals surface area contributed by atoms with Gasteiger partial charge in [0.25, 0.3) is 0 Å². The molecule has 17 heavy (non-hydrogen) atoms. The molecule has 1 N–H and O–H groups in total. The lowest BCUT2D eigenvalue weighted by atomic mass is 9.81. The Labute approximate surface area is 105 Å². The molecule has 0 amide bonds. The van der Waals surface area contributed by atoms with Crippen molar-refractivity contribution in [2.45, 2.75) is 58.8 Å². The van der Waals surface area contributed by atoms with Gasteiger partial charge in [-0.25, -0.2) is 0 Å². The summed E-state index contributed by atoms with van der Waals surface area (Å²) in [6, 6.07) is 0. The van der Waals surface area contributed by atoms with Crippen molar-refractivity contribution in [3.63, 3.8) is 0 Å². The number of hydrogen-bond donors (Lipinski definition) is 1. The number of likely N-dealkylation sites (tertiary alicyclic amines) is 1. The summed E-state index contributed by atoms with van der Waals surface area (Å²) in [7, 11) is 0. The molecule has 0 unspecified atom stereocenters. The Morgan fingerprint density at radius 2 is 1.53 bits per heavy atom. The molecule has 0 aromatic carbocycles. The molecule has 0 atom stereocenters. The van der Waals surface area contributed by atoms with Gasteiger partial charge in [0.2, 0.25) is 0 Å². The van der Waals surface area contributed by atoms with Gasteiger partial charge in [-0.05, 0) is 38.8 Å². The quantitative estimate of drug-likeness (QED) is 0.804. The van der Waals surface area contributed by atoms with Crippen molar-refractivity contribution >= 4 is 5.97 Å². The SMILES string of the molecule is CCC(CC)(CN1CCCCCCC1)C(=O)O. The molecule has 1 saturated heterocycles. The number of carboxylic acid groups (broad SMARTS) is 1. The van der Waals surface area contributed by atoms with E-state index in [0.29, 0.717) is 0 Å². The van der Waals surface area contributed by atoms with Crippen LogP contribution in [0, 0.1) is 5.41 Å². The van der Waals surface area contributed by atoms with Gasteiger partial charge in [0, 0.05) is 6.54 Å². The highest BCUT2D eigenvalue weighted by molar-refractivity contribution is 5.74. The van der Waals surface area contributed by atoms with Gasteiger partial charge in [0.1, 0.15) is 0 Å². The first-order chi connectivity index (χ1) is 8.14. The number of hydrogen-bond acceptors (Lipinski definition) is 2. The van der Waals surface area contributed by atoms with E-state index in [-0.39, 0.29) is 0 Å². The monoisotopic (exact) mass is 241 g/mol. The summed E-state index contributed by atoms with van der Waals surface area (Å²) in [6.45, 7) is 6.89. The lowest BCUT2D eigenvalue weighted by Gasteiger charge is -2.34. The lowest BCUT2D eigenvalue weighted by molar-refractivity contribution is -0.150. The maximum Gasteiger partial charge on any atom is 0.310 e. The predicted octanol–water partition coefficient (Wildman–Crippen LogP) is 3.14. The molecule has 0 aliphatic carbocycles. The number of aliphatic carboxylic acids is 1. The van der Waals surface area contributed by atoms with Crippen molar-refractivity contribution in [2.24, 2.45) is 5.41 Å². The van der Waals surface area contributed by atoms with Crippen LogP contribution in [0.5, 0.6) is 0 Å². The average Bonchev–Trinajstić information content (AvgIpc) is 2.28. The van der Waals surface area contributed by atoms with Crippen LogP contribution in [0.4, 0.5) is 0 Å². The van der Waals surface area contributed by atoms with Crippen LogP contribution in [0.25, 0.3) is 0 Å². The second kappa shape index (κ2) is 7.00. The zero-order valence-electron chi connectivity index (χ0n) is 11.4. The maximum atomic E-state index is 11.5. The highest BCUT2D eigenvalue weighted by Crippen LogP contribution is 2.28. The van der Waals surface area contributed by atoms with E-state index in [1.165, 1.54) is 32.1 Å². The van der Waals surface area contributed by atoms with Gasteiger partial charge in [-0.3, -0.25) is 4.79 Å². The fraction of sp³-hybridized carbons (Fsp3) is 0.929. The largest absolute Gasteiger partial charge is 0.481 e. The summed E-state index contributed by atoms with van der Waals surface area (Å²) < 4.78 is 0. The van der Waals surface area contributed by atoms with Crippen LogP contribution in [0.3, 0.4) is 0 Å². The molecule has 1 heterocycles. The second-order valence-electron chi connectivity index (χ2n) is 5.34. The topological polar surface area (TPSA) is 40.5 Å². The molecule has 0 radical (unpaired) electrons. The first-order valence-electron chi connectivity index (χ1n) is 7.10. The summed E-state index contributed by atoms with van der Waals surface area (Å²) in [5.74, 6) is -0.621. The van der Waals surface area contributed by atoms with E-state index in [1.54, 1.807) is 0 Å². The summed E-state index contributed by atoms with van der Waals surface area (Å²) in [4.78, 5) is 13.9. The first-order valence-corrected chi connectivity index (χ1v) is 7.10. The molecule has 1 aliphatic heterocycles. The first kappa shape index (κ1) is 14.5. The van der Waals surface area contributed by atoms with Crippen molar-refractivity contribution in [1.82, 2.24) is 4.90 Å². The molecule has 3 heteroatoms. The lowest BCUT2D eigenvalue weighted by Crippen LogP contribution is -2.43. The Morgan fingerprint density at radius 1 is 1.06 bits per heavy atom. The Bertz CT molecular complexity index is 228. The molecule has 0 saturated carbocycles. The molecule has 0 aromatic rings. The van der Waals surface area contributed by atoms with Crippen molar-refractivity contribution in [3.8, 4) is 0 Å². The van der Waals surface area contributed by atoms with Gasteiger partial charge < -0.3 is 10.0 Å². The third-order valence-electron chi connectivity index (χ3n) is 4.28. The van der Waals surface area contributed by atoms with Crippen LogP contribution in [0.2, 0.25) is 0 Å². The fourth-order valence-electron chi connectivity index (χ4n) is 2.74. The molecule has 1 fully saturated rings. The summed E-state index contributed by atoms with van der Waals surface area (Å²) in [6.07, 6.45) is 7.86. The Morgan fingerprint density at radius 3 is 1.94 bits per heavy atom. The van der Waals surface area contributed by atoms with Crippen molar-refractivity contribution in [1.29, 1.82) is 0 Å². The van der Waals surface area contributed by atoms with E-state index < -0.39 is 11.4 Å². The molecular weight excluding hydrogens is 214 g/mol. The second-order valence-corrected chi connectivity index (χ2v) is 5.34. The van der Waals surface area contributed by atoms with E-state index in [4.69, 9.17) is 0 Å². The molecule has 1 rings (SSSR count). The molecule has 3 nitrogen and oxygen atoms in total. The van der Waals surface area contributed by atoms with E-state index in [9.17, 15) is 9.90 Å². The molecular formula is C14H27NO2. The van der Waals surface area contributed by atoms with E-state index >= 15 is 0 Å². The number of rotatable bonds is 5. The number of nitrogens with zero attached hydrogens (tertiary/aromatic N) is 1. The molecule has 0 bridgehead atoms. The van der Waals surface area contributed by atoms with Gasteiger partial charge in [-0.2, -0.15) is 0 Å². The van der Waals surface area contributed by atoms with Crippen LogP contribution in [-0.2, 0) is 4.79 Å². The van der Waals surface area contributed by atoms with Gasteiger partial charge in [-0.1, -0.05) is 33.1 Å². The van der Waals surface area contributed by atoms with Crippen LogP contribution >= 0.6 is 0 Å². The minimum Gasteiger partial charge on any atom is -0.481 e. The van der Waals surface area contributed by atoms with Gasteiger partial charge in [0.05, 0.1) is 5.41 Å². The maximum absolute atomic E-state index is 11.5. The van der Waals surface area contributed by atoms with E-state index in [0.717, 1.165) is 32.5 Å². The zero-order chi connectivity index (χ0) is 12.7. The Balaban J connectivity index is 2.60. The normalized spacial score (nSPS) is 19.6. The third kappa shape index (κ3) is 3.98. The highest BCUT2D eigenvalue weighted by atomic mass is 16.4. The van der Waals surface area contributed by atoms with E-state index in [2.05, 4.69) is 4.90 Å². The summed E-state index contributed by atoms with van der Waals surface area (Å²) in [5.41, 5.74) is -0.529. The Kier molecular flexibility index (Phi) is 5.96. The smallest absolute Gasteiger partial charge is 0.310 e. The highest BCUT2D eigenvalue weighted by Gasteiger charge is 2.36. The van der Waals surface area contributed by atoms with Crippen LogP contribution in [0.1, 0.15) is 58.8 Å². The van der Waals surface area contributed by atoms with Gasteiger partial charge in [0.15, 0.2) is 0 Å². The van der Waals surface area contributed by atoms with Crippen molar-refractivity contribution in [2.75, 3.05) is 19.6 Å². The number of carbonyl (C=O) groups is 1. The van der Waals surface area contributed by atoms with E-state index in [1.807, 2.05) is 13.8 Å². The zero-order valence-corrected chi connectivity index (χ0v) is 11.4. The molecule has 0 spiro atoms. The molecule has 0 aromatic heterocycles. The minimum absolute atomic E-state index is 0.529. The van der Waals surface area contributed by atoms with Crippen molar-refractivity contribution < 1.29 is 9.90 Å².